The Hall–Kier alpha value is -4.10. The van der Waals surface area contributed by atoms with Crippen LogP contribution in [-0.2, 0) is 20.7 Å². The number of carbonyl (C=O) groups is 3. The second kappa shape index (κ2) is 13.6. The van der Waals surface area contributed by atoms with Gasteiger partial charge in [0.05, 0.1) is 13.2 Å². The Morgan fingerprint density at radius 2 is 1.62 bits per heavy atom. The van der Waals surface area contributed by atoms with Gasteiger partial charge in [-0.3, -0.25) is 14.4 Å². The SMILES string of the molecule is CC(=O)OCCNC(=O)C(=Cc1ccc(C2CC2)cc1)NC(=O)c1ccc(OCCc2ccc(Cl)cc2)cc1. The van der Waals surface area contributed by atoms with Crippen LogP contribution >= 0.6 is 11.6 Å². The number of esters is 1. The average molecular weight is 547 g/mol. The Balaban J connectivity index is 1.38. The Morgan fingerprint density at radius 1 is 0.923 bits per heavy atom. The van der Waals surface area contributed by atoms with Gasteiger partial charge in [-0.05, 0) is 77.9 Å². The van der Waals surface area contributed by atoms with E-state index >= 15 is 0 Å². The molecule has 39 heavy (non-hydrogen) atoms. The van der Waals surface area contributed by atoms with Crippen LogP contribution in [0.4, 0.5) is 0 Å². The molecule has 1 fully saturated rings. The Bertz CT molecular complexity index is 1310. The molecule has 0 atom stereocenters. The lowest BCUT2D eigenvalue weighted by atomic mass is 10.1. The molecule has 2 amide bonds. The van der Waals surface area contributed by atoms with E-state index in [4.69, 9.17) is 21.1 Å². The first kappa shape index (κ1) is 27.9. The molecule has 0 bridgehead atoms. The summed E-state index contributed by atoms with van der Waals surface area (Å²) in [6.45, 7) is 1.94. The van der Waals surface area contributed by atoms with Gasteiger partial charge in [0.2, 0.25) is 0 Å². The minimum absolute atomic E-state index is 0.0395. The smallest absolute Gasteiger partial charge is 0.302 e. The molecule has 3 aromatic carbocycles. The summed E-state index contributed by atoms with van der Waals surface area (Å²) < 4.78 is 10.7. The number of carbonyl (C=O) groups excluding carboxylic acids is 3. The van der Waals surface area contributed by atoms with E-state index in [0.717, 1.165) is 17.5 Å². The molecule has 0 aromatic heterocycles. The van der Waals surface area contributed by atoms with Gasteiger partial charge < -0.3 is 20.1 Å². The van der Waals surface area contributed by atoms with Crippen LogP contribution in [0.15, 0.2) is 78.5 Å². The summed E-state index contributed by atoms with van der Waals surface area (Å²) in [6, 6.07) is 22.3. The van der Waals surface area contributed by atoms with E-state index in [1.54, 1.807) is 30.3 Å². The van der Waals surface area contributed by atoms with Crippen molar-refractivity contribution in [1.29, 1.82) is 0 Å². The third-order valence-corrected chi connectivity index (χ3v) is 6.42. The molecule has 3 aromatic rings. The molecule has 2 N–H and O–H groups in total. The normalized spacial score (nSPS) is 12.9. The molecular weight excluding hydrogens is 516 g/mol. The van der Waals surface area contributed by atoms with E-state index in [1.165, 1.54) is 25.3 Å². The Morgan fingerprint density at radius 3 is 2.26 bits per heavy atom. The molecule has 0 spiro atoms. The van der Waals surface area contributed by atoms with Crippen LogP contribution in [0, 0.1) is 0 Å². The number of benzene rings is 3. The number of halogens is 1. The zero-order chi connectivity index (χ0) is 27.6. The van der Waals surface area contributed by atoms with Gasteiger partial charge in [-0.25, -0.2) is 0 Å². The topological polar surface area (TPSA) is 93.7 Å². The van der Waals surface area contributed by atoms with Crippen molar-refractivity contribution < 1.29 is 23.9 Å². The second-order valence-corrected chi connectivity index (χ2v) is 9.73. The first-order chi connectivity index (χ1) is 18.9. The second-order valence-electron chi connectivity index (χ2n) is 9.30. The summed E-state index contributed by atoms with van der Waals surface area (Å²) >= 11 is 5.92. The monoisotopic (exact) mass is 546 g/mol. The summed E-state index contributed by atoms with van der Waals surface area (Å²) in [6.07, 6.45) is 4.76. The molecule has 1 aliphatic carbocycles. The predicted octanol–water partition coefficient (Wildman–Crippen LogP) is 5.29. The van der Waals surface area contributed by atoms with Crippen LogP contribution in [-0.4, -0.2) is 37.5 Å². The molecule has 8 heteroatoms. The summed E-state index contributed by atoms with van der Waals surface area (Å²) in [5.74, 6) is -0.0875. The summed E-state index contributed by atoms with van der Waals surface area (Å²) in [7, 11) is 0. The zero-order valence-electron chi connectivity index (χ0n) is 21.7. The standard InChI is InChI=1S/C31H31ClN2O5/c1-21(35)38-19-17-33-31(37)29(20-23-2-6-24(7-3-23)25-8-9-25)34-30(36)26-10-14-28(15-11-26)39-18-16-22-4-12-27(32)13-5-22/h2-7,10-15,20,25H,8-9,16-19H2,1H3,(H,33,37)(H,34,36). The molecule has 0 radical (unpaired) electrons. The molecule has 0 saturated heterocycles. The van der Waals surface area contributed by atoms with Crippen LogP contribution in [0.25, 0.3) is 6.08 Å². The molecule has 7 nitrogen and oxygen atoms in total. The number of hydrogen-bond donors (Lipinski definition) is 2. The Kier molecular flexibility index (Phi) is 9.75. The van der Waals surface area contributed by atoms with E-state index in [0.29, 0.717) is 28.9 Å². The van der Waals surface area contributed by atoms with E-state index in [9.17, 15) is 14.4 Å². The quantitative estimate of drug-likeness (QED) is 0.183. The fraction of sp³-hybridized carbons (Fsp3) is 0.258. The van der Waals surface area contributed by atoms with E-state index < -0.39 is 17.8 Å². The number of rotatable bonds is 12. The van der Waals surface area contributed by atoms with Gasteiger partial charge in [0.15, 0.2) is 0 Å². The van der Waals surface area contributed by atoms with Crippen molar-refractivity contribution in [3.8, 4) is 5.75 Å². The molecule has 202 valence electrons. The predicted molar refractivity (Wildman–Crippen MR) is 151 cm³/mol. The minimum Gasteiger partial charge on any atom is -0.493 e. The maximum Gasteiger partial charge on any atom is 0.302 e. The van der Waals surface area contributed by atoms with Gasteiger partial charge in [-0.1, -0.05) is 48.0 Å². The van der Waals surface area contributed by atoms with Crippen molar-refractivity contribution in [1.82, 2.24) is 10.6 Å². The first-order valence-corrected chi connectivity index (χ1v) is 13.3. The van der Waals surface area contributed by atoms with E-state index in [1.807, 2.05) is 48.5 Å². The minimum atomic E-state index is -0.482. The average Bonchev–Trinajstić information content (AvgIpc) is 3.78. The zero-order valence-corrected chi connectivity index (χ0v) is 22.5. The fourth-order valence-corrected chi connectivity index (χ4v) is 4.02. The van der Waals surface area contributed by atoms with Crippen LogP contribution in [0.5, 0.6) is 5.75 Å². The van der Waals surface area contributed by atoms with Crippen LogP contribution in [0.2, 0.25) is 5.02 Å². The maximum absolute atomic E-state index is 13.0. The lowest BCUT2D eigenvalue weighted by Crippen LogP contribution is -2.36. The maximum atomic E-state index is 13.0. The van der Waals surface area contributed by atoms with Gasteiger partial charge in [-0.15, -0.1) is 0 Å². The summed E-state index contributed by atoms with van der Waals surface area (Å²) in [4.78, 5) is 36.9. The van der Waals surface area contributed by atoms with Crippen molar-refractivity contribution in [2.24, 2.45) is 0 Å². The highest BCUT2D eigenvalue weighted by Gasteiger charge is 2.23. The van der Waals surface area contributed by atoms with Crippen molar-refractivity contribution in [2.75, 3.05) is 19.8 Å². The van der Waals surface area contributed by atoms with Gasteiger partial charge in [0.25, 0.3) is 11.8 Å². The first-order valence-electron chi connectivity index (χ1n) is 12.9. The largest absolute Gasteiger partial charge is 0.493 e. The van der Waals surface area contributed by atoms with Gasteiger partial charge in [0, 0.05) is 23.9 Å². The van der Waals surface area contributed by atoms with Gasteiger partial charge in [0.1, 0.15) is 18.1 Å². The van der Waals surface area contributed by atoms with Crippen LogP contribution in [0.3, 0.4) is 0 Å². The fourth-order valence-electron chi connectivity index (χ4n) is 3.90. The summed E-state index contributed by atoms with van der Waals surface area (Å²) in [5.41, 5.74) is 3.64. The highest BCUT2D eigenvalue weighted by Crippen LogP contribution is 2.39. The molecule has 0 aliphatic heterocycles. The van der Waals surface area contributed by atoms with E-state index in [-0.39, 0.29) is 18.8 Å². The van der Waals surface area contributed by atoms with Crippen molar-refractivity contribution in [3.63, 3.8) is 0 Å². The molecule has 4 rings (SSSR count). The van der Waals surface area contributed by atoms with Gasteiger partial charge in [-0.2, -0.15) is 0 Å². The number of hydrogen-bond acceptors (Lipinski definition) is 5. The third-order valence-electron chi connectivity index (χ3n) is 6.17. The third kappa shape index (κ3) is 9.00. The molecule has 1 aliphatic rings. The highest BCUT2D eigenvalue weighted by atomic mass is 35.5. The van der Waals surface area contributed by atoms with Crippen molar-refractivity contribution in [2.45, 2.75) is 32.1 Å². The summed E-state index contributed by atoms with van der Waals surface area (Å²) in [5, 5.41) is 6.09. The Labute approximate surface area is 233 Å². The lowest BCUT2D eigenvalue weighted by molar-refractivity contribution is -0.141. The lowest BCUT2D eigenvalue weighted by Gasteiger charge is -2.12. The molecular formula is C31H31ClN2O5. The molecule has 0 heterocycles. The van der Waals surface area contributed by atoms with Crippen LogP contribution in [0.1, 0.15) is 52.7 Å². The molecule has 1 saturated carbocycles. The number of amides is 2. The molecule has 0 unspecified atom stereocenters. The van der Waals surface area contributed by atoms with Crippen molar-refractivity contribution in [3.05, 3.63) is 106 Å². The van der Waals surface area contributed by atoms with Gasteiger partial charge >= 0.3 is 5.97 Å². The van der Waals surface area contributed by atoms with E-state index in [2.05, 4.69) is 10.6 Å². The highest BCUT2D eigenvalue weighted by molar-refractivity contribution is 6.30. The van der Waals surface area contributed by atoms with Crippen LogP contribution < -0.4 is 15.4 Å². The number of ether oxygens (including phenoxy) is 2. The van der Waals surface area contributed by atoms with Crippen molar-refractivity contribution >= 4 is 35.5 Å². The number of nitrogens with one attached hydrogen (secondary N) is 2.